The molecule has 3 aromatic rings. The maximum Gasteiger partial charge on any atom is 0.277 e. The van der Waals surface area contributed by atoms with Gasteiger partial charge in [-0.1, -0.05) is 0 Å². The van der Waals surface area contributed by atoms with Gasteiger partial charge in [-0.25, -0.2) is 4.98 Å². The molecular formula is C17H14N4O3S. The highest BCUT2D eigenvalue weighted by Crippen LogP contribution is 2.39. The molecule has 1 fully saturated rings. The number of nitrogens with one attached hydrogen (secondary N) is 2. The number of ether oxygens (including phenoxy) is 2. The number of anilines is 1. The zero-order valence-electron chi connectivity index (χ0n) is 13.1. The van der Waals surface area contributed by atoms with Gasteiger partial charge >= 0.3 is 0 Å². The number of benzene rings is 1. The van der Waals surface area contributed by atoms with Crippen LogP contribution in [0.2, 0.25) is 0 Å². The summed E-state index contributed by atoms with van der Waals surface area (Å²) in [4.78, 5) is 16.8. The van der Waals surface area contributed by atoms with Crippen molar-refractivity contribution in [1.82, 2.24) is 15.2 Å². The van der Waals surface area contributed by atoms with Crippen LogP contribution in [-0.4, -0.2) is 27.9 Å². The molecular weight excluding hydrogens is 340 g/mol. The number of carbonyl (C=O) groups excluding carboxylic acids is 1. The Balaban J connectivity index is 1.32. The highest BCUT2D eigenvalue weighted by molar-refractivity contribution is 7.14. The smallest absolute Gasteiger partial charge is 0.277 e. The molecule has 2 aromatic heterocycles. The minimum Gasteiger partial charge on any atom is -0.454 e. The average Bonchev–Trinajstić information content (AvgIpc) is 3.06. The largest absolute Gasteiger partial charge is 0.454 e. The summed E-state index contributed by atoms with van der Waals surface area (Å²) in [5.41, 5.74) is 3.11. The van der Waals surface area contributed by atoms with E-state index in [1.807, 2.05) is 29.6 Å². The lowest BCUT2D eigenvalue weighted by Crippen LogP contribution is -2.12. The fourth-order valence-corrected chi connectivity index (χ4v) is 3.45. The van der Waals surface area contributed by atoms with Gasteiger partial charge < -0.3 is 9.47 Å². The second-order valence-electron chi connectivity index (χ2n) is 6.04. The van der Waals surface area contributed by atoms with Crippen molar-refractivity contribution in [2.45, 2.75) is 18.8 Å². The summed E-state index contributed by atoms with van der Waals surface area (Å²) in [6.45, 7) is 0.240. The molecule has 5 rings (SSSR count). The molecule has 0 spiro atoms. The lowest BCUT2D eigenvalue weighted by molar-refractivity contribution is 0.102. The van der Waals surface area contributed by atoms with E-state index in [0.717, 1.165) is 35.5 Å². The molecule has 25 heavy (non-hydrogen) atoms. The molecule has 1 aliphatic heterocycles. The number of H-pyrrole nitrogens is 1. The molecule has 2 N–H and O–H groups in total. The topological polar surface area (TPSA) is 89.1 Å². The number of aromatic amines is 1. The normalized spacial score (nSPS) is 15.4. The number of amides is 1. The van der Waals surface area contributed by atoms with Gasteiger partial charge in [0.25, 0.3) is 5.91 Å². The van der Waals surface area contributed by atoms with Crippen LogP contribution in [0.4, 0.5) is 5.13 Å². The van der Waals surface area contributed by atoms with Crippen LogP contribution in [0.15, 0.2) is 29.6 Å². The highest BCUT2D eigenvalue weighted by atomic mass is 32.1. The fraction of sp³-hybridized carbons (Fsp3) is 0.235. The lowest BCUT2D eigenvalue weighted by Gasteiger charge is -2.00. The van der Waals surface area contributed by atoms with Crippen molar-refractivity contribution in [3.63, 3.8) is 0 Å². The Morgan fingerprint density at radius 3 is 3.00 bits per heavy atom. The van der Waals surface area contributed by atoms with Crippen LogP contribution < -0.4 is 14.8 Å². The van der Waals surface area contributed by atoms with Gasteiger partial charge in [-0.15, -0.1) is 11.3 Å². The van der Waals surface area contributed by atoms with E-state index in [9.17, 15) is 4.79 Å². The van der Waals surface area contributed by atoms with Crippen LogP contribution in [0.3, 0.4) is 0 Å². The van der Waals surface area contributed by atoms with Crippen LogP contribution in [0, 0.1) is 0 Å². The van der Waals surface area contributed by atoms with Gasteiger partial charge in [-0.2, -0.15) is 5.10 Å². The monoisotopic (exact) mass is 354 g/mol. The first-order valence-corrected chi connectivity index (χ1v) is 8.86. The van der Waals surface area contributed by atoms with Crippen molar-refractivity contribution in [1.29, 1.82) is 0 Å². The van der Waals surface area contributed by atoms with E-state index in [0.29, 0.717) is 22.5 Å². The summed E-state index contributed by atoms with van der Waals surface area (Å²) >= 11 is 1.37. The van der Waals surface area contributed by atoms with Crippen LogP contribution >= 0.6 is 11.3 Å². The predicted octanol–water partition coefficient (Wildman–Crippen LogP) is 3.39. The summed E-state index contributed by atoms with van der Waals surface area (Å²) in [6.07, 6.45) is 2.32. The first-order valence-electron chi connectivity index (χ1n) is 7.98. The van der Waals surface area contributed by atoms with Crippen molar-refractivity contribution in [3.05, 3.63) is 41.0 Å². The summed E-state index contributed by atoms with van der Waals surface area (Å²) in [6, 6.07) is 7.49. The molecule has 1 aromatic carbocycles. The molecule has 2 aliphatic rings. The first kappa shape index (κ1) is 14.5. The molecule has 3 heterocycles. The zero-order chi connectivity index (χ0) is 16.8. The fourth-order valence-electron chi connectivity index (χ4n) is 2.74. The maximum atomic E-state index is 12.3. The Bertz CT molecular complexity index is 960. The van der Waals surface area contributed by atoms with E-state index in [4.69, 9.17) is 9.47 Å². The van der Waals surface area contributed by atoms with Crippen LogP contribution in [-0.2, 0) is 0 Å². The summed E-state index contributed by atoms with van der Waals surface area (Å²) < 4.78 is 10.7. The van der Waals surface area contributed by atoms with Crippen LogP contribution in [0.1, 0.15) is 34.9 Å². The lowest BCUT2D eigenvalue weighted by atomic mass is 10.1. The van der Waals surface area contributed by atoms with E-state index < -0.39 is 0 Å². The third kappa shape index (κ3) is 2.74. The SMILES string of the molecule is O=C(Nc1nc(-c2ccc3c(c2)OCO3)cs1)c1cc(C2CC2)[nH]n1. The molecule has 1 aliphatic carbocycles. The number of rotatable bonds is 4. The van der Waals surface area contributed by atoms with Gasteiger partial charge in [0.2, 0.25) is 6.79 Å². The van der Waals surface area contributed by atoms with Gasteiger partial charge in [0.05, 0.1) is 5.69 Å². The van der Waals surface area contributed by atoms with E-state index in [-0.39, 0.29) is 12.7 Å². The van der Waals surface area contributed by atoms with E-state index >= 15 is 0 Å². The molecule has 0 atom stereocenters. The first-order chi connectivity index (χ1) is 12.3. The van der Waals surface area contributed by atoms with Gasteiger partial charge in [0.15, 0.2) is 22.3 Å². The number of hydrogen-bond acceptors (Lipinski definition) is 6. The third-order valence-electron chi connectivity index (χ3n) is 4.24. The molecule has 1 saturated carbocycles. The molecule has 126 valence electrons. The summed E-state index contributed by atoms with van der Waals surface area (Å²) in [7, 11) is 0. The Kier molecular flexibility index (Phi) is 3.24. The maximum absolute atomic E-state index is 12.3. The quantitative estimate of drug-likeness (QED) is 0.750. The Hall–Kier alpha value is -2.87. The van der Waals surface area contributed by atoms with E-state index in [1.165, 1.54) is 11.3 Å². The highest BCUT2D eigenvalue weighted by Gasteiger charge is 2.26. The summed E-state index contributed by atoms with van der Waals surface area (Å²) in [5.74, 6) is 1.72. The van der Waals surface area contributed by atoms with Crippen molar-refractivity contribution >= 4 is 22.4 Å². The minimum absolute atomic E-state index is 0.240. The minimum atomic E-state index is -0.255. The Morgan fingerprint density at radius 1 is 1.24 bits per heavy atom. The van der Waals surface area contributed by atoms with Gasteiger partial charge in [0, 0.05) is 22.6 Å². The number of hydrogen-bond donors (Lipinski definition) is 2. The number of aromatic nitrogens is 3. The predicted molar refractivity (Wildman–Crippen MR) is 92.2 cm³/mol. The molecule has 0 radical (unpaired) electrons. The van der Waals surface area contributed by atoms with E-state index in [2.05, 4.69) is 20.5 Å². The molecule has 1 amide bonds. The Morgan fingerprint density at radius 2 is 2.12 bits per heavy atom. The standard InChI is InChI=1S/C17H14N4O3S/c22-16(12-6-11(20-21-12)9-1-2-9)19-17-18-13(7-25-17)10-3-4-14-15(5-10)24-8-23-14/h3-7,9H,1-2,8H2,(H,20,21)(H,18,19,22). The van der Waals surface area contributed by atoms with Crippen LogP contribution in [0.25, 0.3) is 11.3 Å². The average molecular weight is 354 g/mol. The van der Waals surface area contributed by atoms with Crippen LogP contribution in [0.5, 0.6) is 11.5 Å². The van der Waals surface area contributed by atoms with Crippen molar-refractivity contribution in [3.8, 4) is 22.8 Å². The molecule has 0 unspecified atom stereocenters. The van der Waals surface area contributed by atoms with Gasteiger partial charge in [0.1, 0.15) is 0 Å². The molecule has 0 bridgehead atoms. The molecule has 7 nitrogen and oxygen atoms in total. The summed E-state index contributed by atoms with van der Waals surface area (Å²) in [5, 5.41) is 12.3. The van der Waals surface area contributed by atoms with E-state index in [1.54, 1.807) is 0 Å². The van der Waals surface area contributed by atoms with Crippen molar-refractivity contribution in [2.24, 2.45) is 0 Å². The second-order valence-corrected chi connectivity index (χ2v) is 6.90. The van der Waals surface area contributed by atoms with Crippen molar-refractivity contribution < 1.29 is 14.3 Å². The molecule has 0 saturated heterocycles. The molecule has 8 heteroatoms. The third-order valence-corrected chi connectivity index (χ3v) is 5.00. The number of fused-ring (bicyclic) bond motifs is 1. The van der Waals surface area contributed by atoms with Gasteiger partial charge in [-0.05, 0) is 37.1 Å². The number of carbonyl (C=O) groups is 1. The Labute approximate surface area is 147 Å². The number of nitrogens with zero attached hydrogens (tertiary/aromatic N) is 2. The van der Waals surface area contributed by atoms with Gasteiger partial charge in [-0.3, -0.25) is 15.2 Å². The van der Waals surface area contributed by atoms with Crippen molar-refractivity contribution in [2.75, 3.05) is 12.1 Å². The zero-order valence-corrected chi connectivity index (χ0v) is 13.9. The second kappa shape index (κ2) is 5.59. The number of thiazole rings is 1.